The Morgan fingerprint density at radius 1 is 1.35 bits per heavy atom. The third-order valence-electron chi connectivity index (χ3n) is 2.71. The molecular weight excluding hydrogens is 278 g/mol. The second-order valence-electron chi connectivity index (χ2n) is 5.69. The molecule has 0 aromatic carbocycles. The van der Waals surface area contributed by atoms with Gasteiger partial charge in [-0.3, -0.25) is 4.99 Å². The van der Waals surface area contributed by atoms with E-state index in [1.54, 1.807) is 27.9 Å². The molecule has 1 atom stereocenters. The molecule has 0 rings (SSSR count). The van der Waals surface area contributed by atoms with Crippen LogP contribution in [-0.4, -0.2) is 57.7 Å². The number of hydrogen-bond donors (Lipinski definition) is 2. The van der Waals surface area contributed by atoms with Gasteiger partial charge in [-0.2, -0.15) is 0 Å². The highest BCUT2D eigenvalue weighted by Gasteiger charge is 2.28. The van der Waals surface area contributed by atoms with Crippen LogP contribution in [0.2, 0.25) is 0 Å². The van der Waals surface area contributed by atoms with Crippen molar-refractivity contribution in [3.8, 4) is 0 Å². The summed E-state index contributed by atoms with van der Waals surface area (Å²) in [4.78, 5) is 4.29. The first-order valence-electron chi connectivity index (χ1n) is 6.90. The van der Waals surface area contributed by atoms with Gasteiger partial charge in [-0.05, 0) is 34.6 Å². The van der Waals surface area contributed by atoms with Crippen molar-refractivity contribution < 1.29 is 13.2 Å². The predicted molar refractivity (Wildman–Crippen MR) is 84.0 cm³/mol. The van der Waals surface area contributed by atoms with Crippen molar-refractivity contribution in [3.05, 3.63) is 0 Å². The fourth-order valence-corrected chi connectivity index (χ4v) is 2.37. The van der Waals surface area contributed by atoms with Crippen molar-refractivity contribution in [1.82, 2.24) is 10.6 Å². The molecule has 0 aliphatic rings. The van der Waals surface area contributed by atoms with Crippen LogP contribution in [0.25, 0.3) is 0 Å². The minimum atomic E-state index is -3.13. The van der Waals surface area contributed by atoms with E-state index in [1.807, 2.05) is 13.8 Å². The van der Waals surface area contributed by atoms with Crippen LogP contribution in [0.3, 0.4) is 0 Å². The van der Waals surface area contributed by atoms with Gasteiger partial charge in [0.05, 0.1) is 23.7 Å². The molecule has 0 aromatic rings. The fraction of sp³-hybridized carbons (Fsp3) is 0.923. The van der Waals surface area contributed by atoms with E-state index < -0.39 is 14.6 Å². The minimum absolute atomic E-state index is 0.0474. The maximum Gasteiger partial charge on any atom is 0.191 e. The third-order valence-corrected chi connectivity index (χ3v) is 5.29. The topological polar surface area (TPSA) is 79.8 Å². The molecule has 0 spiro atoms. The summed E-state index contributed by atoms with van der Waals surface area (Å²) < 4.78 is 28.3. The van der Waals surface area contributed by atoms with Crippen LogP contribution >= 0.6 is 0 Å². The van der Waals surface area contributed by atoms with Crippen molar-refractivity contribution in [1.29, 1.82) is 0 Å². The first kappa shape index (κ1) is 19.2. The quantitative estimate of drug-likeness (QED) is 0.537. The molecule has 0 fully saturated rings. The van der Waals surface area contributed by atoms with E-state index >= 15 is 0 Å². The van der Waals surface area contributed by atoms with Gasteiger partial charge in [0.25, 0.3) is 0 Å². The van der Waals surface area contributed by atoms with E-state index in [9.17, 15) is 8.42 Å². The largest absolute Gasteiger partial charge is 0.383 e. The summed E-state index contributed by atoms with van der Waals surface area (Å²) in [6.45, 7) is 10.6. The molecule has 0 aliphatic heterocycles. The van der Waals surface area contributed by atoms with E-state index in [1.165, 1.54) is 0 Å². The van der Waals surface area contributed by atoms with Gasteiger partial charge >= 0.3 is 0 Å². The molecule has 0 aliphatic carbocycles. The SMILES string of the molecule is CCNC(=NCCS(=O)(=O)C(C)(C)C)NC(C)COC. The Hall–Kier alpha value is -0.820. The summed E-state index contributed by atoms with van der Waals surface area (Å²) >= 11 is 0. The molecule has 0 radical (unpaired) electrons. The Kier molecular flexibility index (Phi) is 8.12. The van der Waals surface area contributed by atoms with Crippen LogP contribution in [0.1, 0.15) is 34.6 Å². The number of nitrogens with zero attached hydrogens (tertiary/aromatic N) is 1. The van der Waals surface area contributed by atoms with Gasteiger partial charge in [-0.1, -0.05) is 0 Å². The Balaban J connectivity index is 4.56. The van der Waals surface area contributed by atoms with Gasteiger partial charge in [-0.15, -0.1) is 0 Å². The highest BCUT2D eigenvalue weighted by molar-refractivity contribution is 7.92. The predicted octanol–water partition coefficient (Wildman–Crippen LogP) is 0.790. The Labute approximate surface area is 123 Å². The second kappa shape index (κ2) is 8.46. The lowest BCUT2D eigenvalue weighted by atomic mass is 10.3. The molecule has 2 N–H and O–H groups in total. The smallest absolute Gasteiger partial charge is 0.191 e. The lowest BCUT2D eigenvalue weighted by molar-refractivity contribution is 0.179. The van der Waals surface area contributed by atoms with Crippen LogP contribution in [-0.2, 0) is 14.6 Å². The molecule has 0 heterocycles. The summed E-state index contributed by atoms with van der Waals surface area (Å²) in [5, 5.41) is 6.25. The molecule has 0 bridgehead atoms. The van der Waals surface area contributed by atoms with Crippen molar-refractivity contribution in [2.24, 2.45) is 4.99 Å². The Morgan fingerprint density at radius 3 is 2.40 bits per heavy atom. The monoisotopic (exact) mass is 307 g/mol. The zero-order valence-electron chi connectivity index (χ0n) is 13.5. The summed E-state index contributed by atoms with van der Waals surface area (Å²) in [6, 6.07) is 0.108. The van der Waals surface area contributed by atoms with Gasteiger partial charge in [0.1, 0.15) is 0 Å². The molecular formula is C13H29N3O3S. The third kappa shape index (κ3) is 7.09. The van der Waals surface area contributed by atoms with Gasteiger partial charge < -0.3 is 15.4 Å². The fourth-order valence-electron chi connectivity index (χ4n) is 1.43. The summed E-state index contributed by atoms with van der Waals surface area (Å²) in [7, 11) is -1.50. The maximum absolute atomic E-state index is 12.0. The highest BCUT2D eigenvalue weighted by atomic mass is 32.2. The maximum atomic E-state index is 12.0. The second-order valence-corrected chi connectivity index (χ2v) is 8.56. The van der Waals surface area contributed by atoms with Crippen molar-refractivity contribution in [2.45, 2.75) is 45.4 Å². The Bertz CT molecular complexity index is 400. The van der Waals surface area contributed by atoms with Gasteiger partial charge in [0, 0.05) is 19.7 Å². The van der Waals surface area contributed by atoms with Crippen LogP contribution < -0.4 is 10.6 Å². The molecule has 0 saturated heterocycles. The van der Waals surface area contributed by atoms with Crippen LogP contribution in [0, 0.1) is 0 Å². The van der Waals surface area contributed by atoms with Crippen molar-refractivity contribution in [3.63, 3.8) is 0 Å². The summed E-state index contributed by atoms with van der Waals surface area (Å²) in [5.74, 6) is 0.660. The van der Waals surface area contributed by atoms with Crippen LogP contribution in [0.5, 0.6) is 0 Å². The molecule has 0 aromatic heterocycles. The summed E-state index contributed by atoms with van der Waals surface area (Å²) in [6.07, 6.45) is 0. The number of rotatable bonds is 7. The van der Waals surface area contributed by atoms with Crippen molar-refractivity contribution >= 4 is 15.8 Å². The van der Waals surface area contributed by atoms with E-state index in [0.29, 0.717) is 12.6 Å². The molecule has 6 nitrogen and oxygen atoms in total. The lowest BCUT2D eigenvalue weighted by Gasteiger charge is -2.19. The first-order chi connectivity index (χ1) is 9.14. The minimum Gasteiger partial charge on any atom is -0.383 e. The average Bonchev–Trinajstić information content (AvgIpc) is 2.27. The molecule has 7 heteroatoms. The number of aliphatic imine (C=N–C) groups is 1. The van der Waals surface area contributed by atoms with Crippen LogP contribution in [0.4, 0.5) is 0 Å². The zero-order valence-corrected chi connectivity index (χ0v) is 14.3. The summed E-state index contributed by atoms with van der Waals surface area (Å²) in [5.41, 5.74) is 0. The number of guanidine groups is 1. The highest BCUT2D eigenvalue weighted by Crippen LogP contribution is 2.15. The zero-order chi connectivity index (χ0) is 15.8. The number of methoxy groups -OCH3 is 1. The van der Waals surface area contributed by atoms with Gasteiger partial charge in [0.15, 0.2) is 15.8 Å². The normalized spacial score (nSPS) is 15.0. The first-order valence-corrected chi connectivity index (χ1v) is 8.55. The molecule has 0 saturated carbocycles. The van der Waals surface area contributed by atoms with E-state index in [4.69, 9.17) is 4.74 Å². The standard InChI is InChI=1S/C13H29N3O3S/c1-7-14-12(16-11(2)10-19-6)15-8-9-20(17,18)13(3,4)5/h11H,7-10H2,1-6H3,(H2,14,15,16). The number of sulfone groups is 1. The van der Waals surface area contributed by atoms with Crippen molar-refractivity contribution in [2.75, 3.05) is 32.6 Å². The molecule has 1 unspecified atom stereocenters. The van der Waals surface area contributed by atoms with E-state index in [0.717, 1.165) is 6.54 Å². The molecule has 0 amide bonds. The van der Waals surface area contributed by atoms with E-state index in [-0.39, 0.29) is 18.3 Å². The number of ether oxygens (including phenoxy) is 1. The van der Waals surface area contributed by atoms with Gasteiger partial charge in [-0.25, -0.2) is 8.42 Å². The average molecular weight is 307 g/mol. The molecule has 120 valence electrons. The molecule has 20 heavy (non-hydrogen) atoms. The van der Waals surface area contributed by atoms with E-state index in [2.05, 4.69) is 15.6 Å². The number of hydrogen-bond acceptors (Lipinski definition) is 4. The Morgan fingerprint density at radius 2 is 1.95 bits per heavy atom. The number of nitrogens with one attached hydrogen (secondary N) is 2. The lowest BCUT2D eigenvalue weighted by Crippen LogP contribution is -2.44. The van der Waals surface area contributed by atoms with Crippen LogP contribution in [0.15, 0.2) is 4.99 Å². The van der Waals surface area contributed by atoms with Gasteiger partial charge in [0.2, 0.25) is 0 Å².